The standard InChI is InChI=1S/C28H26FN3O4/c29-23-13-21-24(32(19-7-8-19)16-22(27(21)34)28(35)36)14-25(23)31-11-9-30(10-12-31)15-18-6-5-17-3-1-2-4-20(17)26(18)33/h1-6,13-14,16,19,33H,7-12,15H2,(H,35,36). The molecule has 6 rings (SSSR count). The molecule has 1 saturated heterocycles. The third-order valence-corrected chi connectivity index (χ3v) is 7.36. The lowest BCUT2D eigenvalue weighted by atomic mass is 10.0. The number of phenolic OH excluding ortho intramolecular Hbond substituents is 1. The highest BCUT2D eigenvalue weighted by molar-refractivity contribution is 5.93. The maximum atomic E-state index is 15.2. The van der Waals surface area contributed by atoms with Crippen LogP contribution in [-0.4, -0.2) is 51.8 Å². The van der Waals surface area contributed by atoms with E-state index in [4.69, 9.17) is 0 Å². The Morgan fingerprint density at radius 3 is 2.47 bits per heavy atom. The molecule has 0 spiro atoms. The zero-order valence-electron chi connectivity index (χ0n) is 19.7. The number of carboxylic acid groups (broad SMARTS) is 1. The molecule has 36 heavy (non-hydrogen) atoms. The molecule has 2 aliphatic rings. The summed E-state index contributed by atoms with van der Waals surface area (Å²) in [6, 6.07) is 14.7. The van der Waals surface area contributed by atoms with Gasteiger partial charge in [-0.1, -0.05) is 36.4 Å². The van der Waals surface area contributed by atoms with Crippen LogP contribution in [0.5, 0.6) is 5.75 Å². The third kappa shape index (κ3) is 3.87. The molecule has 1 aliphatic heterocycles. The molecule has 3 aromatic carbocycles. The highest BCUT2D eigenvalue weighted by atomic mass is 19.1. The number of halogens is 1. The van der Waals surface area contributed by atoms with Gasteiger partial charge >= 0.3 is 5.97 Å². The van der Waals surface area contributed by atoms with Gasteiger partial charge in [0, 0.05) is 61.3 Å². The Bertz CT molecular complexity index is 1570. The quantitative estimate of drug-likeness (QED) is 0.435. The number of hydrogen-bond donors (Lipinski definition) is 2. The minimum Gasteiger partial charge on any atom is -0.507 e. The van der Waals surface area contributed by atoms with Crippen molar-refractivity contribution in [2.75, 3.05) is 31.1 Å². The summed E-state index contributed by atoms with van der Waals surface area (Å²) >= 11 is 0. The van der Waals surface area contributed by atoms with E-state index in [1.54, 1.807) is 6.07 Å². The fourth-order valence-corrected chi connectivity index (χ4v) is 5.22. The summed E-state index contributed by atoms with van der Waals surface area (Å²) in [4.78, 5) is 28.5. The summed E-state index contributed by atoms with van der Waals surface area (Å²) in [5.74, 6) is -1.52. The van der Waals surface area contributed by atoms with Crippen molar-refractivity contribution in [3.8, 4) is 5.75 Å². The molecule has 0 radical (unpaired) electrons. The summed E-state index contributed by atoms with van der Waals surface area (Å²) in [5.41, 5.74) is 0.883. The van der Waals surface area contributed by atoms with Crippen LogP contribution in [0.2, 0.25) is 0 Å². The predicted octanol–water partition coefficient (Wildman–Crippen LogP) is 4.35. The lowest BCUT2D eigenvalue weighted by Crippen LogP contribution is -2.46. The van der Waals surface area contributed by atoms with E-state index in [1.807, 2.05) is 45.9 Å². The molecule has 2 N–H and O–H groups in total. The number of carbonyl (C=O) groups is 1. The molecule has 2 heterocycles. The minimum absolute atomic E-state index is 0.105. The largest absolute Gasteiger partial charge is 0.507 e. The van der Waals surface area contributed by atoms with Crippen LogP contribution >= 0.6 is 0 Å². The molecule has 4 aromatic rings. The number of aromatic nitrogens is 1. The zero-order valence-corrected chi connectivity index (χ0v) is 19.7. The van der Waals surface area contributed by atoms with Gasteiger partial charge in [-0.15, -0.1) is 0 Å². The number of carboxylic acids is 1. The van der Waals surface area contributed by atoms with Crippen LogP contribution in [0.3, 0.4) is 0 Å². The maximum Gasteiger partial charge on any atom is 0.341 e. The van der Waals surface area contributed by atoms with E-state index in [1.165, 1.54) is 12.3 Å². The number of rotatable bonds is 5. The van der Waals surface area contributed by atoms with Crippen LogP contribution in [0.15, 0.2) is 59.5 Å². The Kier molecular flexibility index (Phi) is 5.41. The van der Waals surface area contributed by atoms with Gasteiger partial charge in [0.05, 0.1) is 11.2 Å². The van der Waals surface area contributed by atoms with Gasteiger partial charge in [-0.05, 0) is 30.4 Å². The predicted molar refractivity (Wildman–Crippen MR) is 136 cm³/mol. The summed E-state index contributed by atoms with van der Waals surface area (Å²) in [6.45, 7) is 3.17. The average molecular weight is 488 g/mol. The van der Waals surface area contributed by atoms with Crippen LogP contribution in [0, 0.1) is 5.82 Å². The SMILES string of the molecule is O=C(O)c1cn(C2CC2)c2cc(N3CCN(Cc4ccc5ccccc5c4O)CC3)c(F)cc2c1=O. The summed E-state index contributed by atoms with van der Waals surface area (Å²) in [7, 11) is 0. The van der Waals surface area contributed by atoms with Crippen molar-refractivity contribution in [2.45, 2.75) is 25.4 Å². The van der Waals surface area contributed by atoms with Crippen LogP contribution in [-0.2, 0) is 6.54 Å². The molecule has 0 atom stereocenters. The number of fused-ring (bicyclic) bond motifs is 2. The number of pyridine rings is 1. The second-order valence-corrected chi connectivity index (χ2v) is 9.69. The van der Waals surface area contributed by atoms with Crippen molar-refractivity contribution in [2.24, 2.45) is 0 Å². The van der Waals surface area contributed by atoms with E-state index in [9.17, 15) is 19.8 Å². The molecule has 1 aliphatic carbocycles. The van der Waals surface area contributed by atoms with E-state index in [0.717, 1.165) is 29.2 Å². The van der Waals surface area contributed by atoms with Gasteiger partial charge in [0.15, 0.2) is 0 Å². The Labute approximate surface area is 206 Å². The van der Waals surface area contributed by atoms with Crippen LogP contribution < -0.4 is 10.3 Å². The number of hydrogen-bond acceptors (Lipinski definition) is 5. The molecule has 8 heteroatoms. The molecule has 1 aromatic heterocycles. The first kappa shape index (κ1) is 22.5. The number of aromatic hydroxyl groups is 1. The van der Waals surface area contributed by atoms with Crippen molar-refractivity contribution in [3.63, 3.8) is 0 Å². The number of phenols is 1. The molecular formula is C28H26FN3O4. The molecule has 1 saturated carbocycles. The molecular weight excluding hydrogens is 461 g/mol. The van der Waals surface area contributed by atoms with Crippen molar-refractivity contribution in [3.05, 3.63) is 81.9 Å². The number of benzene rings is 3. The minimum atomic E-state index is -1.30. The Balaban J connectivity index is 1.25. The third-order valence-electron chi connectivity index (χ3n) is 7.36. The second-order valence-electron chi connectivity index (χ2n) is 9.69. The monoisotopic (exact) mass is 487 g/mol. The Morgan fingerprint density at radius 1 is 1.00 bits per heavy atom. The highest BCUT2D eigenvalue weighted by Gasteiger charge is 2.28. The molecule has 7 nitrogen and oxygen atoms in total. The molecule has 0 amide bonds. The Hall–Kier alpha value is -3.91. The number of aromatic carboxylic acids is 1. The average Bonchev–Trinajstić information content (AvgIpc) is 3.72. The van der Waals surface area contributed by atoms with Gasteiger partial charge in [0.2, 0.25) is 5.43 Å². The van der Waals surface area contributed by atoms with Gasteiger partial charge in [-0.2, -0.15) is 0 Å². The van der Waals surface area contributed by atoms with Gasteiger partial charge in [0.25, 0.3) is 0 Å². The van der Waals surface area contributed by atoms with E-state index in [2.05, 4.69) is 4.90 Å². The zero-order chi connectivity index (χ0) is 25.0. The van der Waals surface area contributed by atoms with E-state index in [0.29, 0.717) is 49.7 Å². The van der Waals surface area contributed by atoms with E-state index in [-0.39, 0.29) is 17.0 Å². The second kappa shape index (κ2) is 8.64. The van der Waals surface area contributed by atoms with Gasteiger partial charge in [0.1, 0.15) is 17.1 Å². The van der Waals surface area contributed by atoms with Gasteiger partial charge in [-0.3, -0.25) is 9.69 Å². The topological polar surface area (TPSA) is 86.0 Å². The lowest BCUT2D eigenvalue weighted by molar-refractivity contribution is 0.0695. The van der Waals surface area contributed by atoms with Crippen molar-refractivity contribution in [1.29, 1.82) is 0 Å². The van der Waals surface area contributed by atoms with Crippen molar-refractivity contribution < 1.29 is 19.4 Å². The first-order chi connectivity index (χ1) is 17.4. The highest BCUT2D eigenvalue weighted by Crippen LogP contribution is 2.38. The summed E-state index contributed by atoms with van der Waals surface area (Å²) < 4.78 is 17.0. The smallest absolute Gasteiger partial charge is 0.341 e. The summed E-state index contributed by atoms with van der Waals surface area (Å²) in [5, 5.41) is 22.1. The normalized spacial score (nSPS) is 16.6. The van der Waals surface area contributed by atoms with Crippen molar-refractivity contribution in [1.82, 2.24) is 9.47 Å². The Morgan fingerprint density at radius 2 is 1.75 bits per heavy atom. The lowest BCUT2D eigenvalue weighted by Gasteiger charge is -2.36. The summed E-state index contributed by atoms with van der Waals surface area (Å²) in [6.07, 6.45) is 3.22. The van der Waals surface area contributed by atoms with Crippen LogP contribution in [0.4, 0.5) is 10.1 Å². The fraction of sp³-hybridized carbons (Fsp3) is 0.286. The first-order valence-corrected chi connectivity index (χ1v) is 12.2. The molecule has 2 fully saturated rings. The van der Waals surface area contributed by atoms with E-state index >= 15 is 4.39 Å². The molecule has 0 bridgehead atoms. The molecule has 0 unspecified atom stereocenters. The van der Waals surface area contributed by atoms with Gasteiger partial charge < -0.3 is 19.7 Å². The fourth-order valence-electron chi connectivity index (χ4n) is 5.22. The maximum absolute atomic E-state index is 15.2. The van der Waals surface area contributed by atoms with Crippen molar-refractivity contribution >= 4 is 33.3 Å². The number of nitrogens with zero attached hydrogens (tertiary/aromatic N) is 3. The number of anilines is 1. The van der Waals surface area contributed by atoms with Crippen LogP contribution in [0.25, 0.3) is 21.7 Å². The molecule has 184 valence electrons. The van der Waals surface area contributed by atoms with Gasteiger partial charge in [-0.25, -0.2) is 9.18 Å². The first-order valence-electron chi connectivity index (χ1n) is 12.2. The van der Waals surface area contributed by atoms with Crippen LogP contribution in [0.1, 0.15) is 34.8 Å². The number of piperazine rings is 1. The van der Waals surface area contributed by atoms with E-state index < -0.39 is 17.2 Å².